The number of nitrogens with zero attached hydrogens (tertiary/aromatic N) is 3. The van der Waals surface area contributed by atoms with E-state index in [1.54, 1.807) is 11.3 Å². The predicted octanol–water partition coefficient (Wildman–Crippen LogP) is 1.06. The molecule has 1 aliphatic carbocycles. The Bertz CT molecular complexity index is 759. The average molecular weight is 383 g/mol. The molecule has 4 N–H and O–H groups in total. The molecule has 0 saturated heterocycles. The van der Waals surface area contributed by atoms with Gasteiger partial charge in [-0.25, -0.2) is 9.97 Å². The number of thioether (sulfide) groups is 1. The van der Waals surface area contributed by atoms with E-state index in [9.17, 15) is 4.79 Å². The lowest BCUT2D eigenvalue weighted by molar-refractivity contribution is -0.129. The number of carbonyl (C=O) groups excluding carboxylic acids is 1. The summed E-state index contributed by atoms with van der Waals surface area (Å²) >= 11 is 2.91. The number of fused-ring (bicyclic) bond motifs is 3. The Kier molecular flexibility index (Phi) is 6.10. The van der Waals surface area contributed by atoms with Crippen molar-refractivity contribution in [2.24, 2.45) is 0 Å². The summed E-state index contributed by atoms with van der Waals surface area (Å²) in [5.41, 5.74) is 7.47. The van der Waals surface area contributed by atoms with Gasteiger partial charge in [-0.15, -0.1) is 11.3 Å². The fourth-order valence-corrected chi connectivity index (χ4v) is 5.13. The summed E-state index contributed by atoms with van der Waals surface area (Å²) in [5, 5.41) is 19.5. The van der Waals surface area contributed by atoms with Gasteiger partial charge in [0.1, 0.15) is 10.6 Å². The summed E-state index contributed by atoms with van der Waals surface area (Å²) in [5.74, 6) is 0.471. The zero-order valence-corrected chi connectivity index (χ0v) is 15.5. The summed E-state index contributed by atoms with van der Waals surface area (Å²) < 4.78 is 0. The summed E-state index contributed by atoms with van der Waals surface area (Å²) in [7, 11) is 0. The van der Waals surface area contributed by atoms with Crippen LogP contribution < -0.4 is 5.73 Å². The van der Waals surface area contributed by atoms with E-state index in [1.807, 2.05) is 0 Å². The number of aliphatic hydroxyl groups is 2. The van der Waals surface area contributed by atoms with Gasteiger partial charge in [0.05, 0.1) is 24.4 Å². The molecule has 0 saturated carbocycles. The van der Waals surface area contributed by atoms with Gasteiger partial charge in [0.2, 0.25) is 5.91 Å². The Balaban J connectivity index is 1.75. The molecule has 136 valence electrons. The van der Waals surface area contributed by atoms with Gasteiger partial charge in [0.25, 0.3) is 0 Å². The van der Waals surface area contributed by atoms with Crippen LogP contribution in [0.4, 0.5) is 5.82 Å². The molecule has 1 aliphatic rings. The second-order valence-corrected chi connectivity index (χ2v) is 7.93. The molecule has 0 unspecified atom stereocenters. The fraction of sp³-hybridized carbons (Fsp3) is 0.562. The number of aromatic nitrogens is 2. The maximum Gasteiger partial charge on any atom is 0.233 e. The molecular weight excluding hydrogens is 360 g/mol. The van der Waals surface area contributed by atoms with Gasteiger partial charge >= 0.3 is 0 Å². The number of nitrogen functional groups attached to an aromatic ring is 1. The van der Waals surface area contributed by atoms with Crippen LogP contribution in [0.1, 0.15) is 23.3 Å². The minimum atomic E-state index is -0.166. The highest BCUT2D eigenvalue weighted by Crippen LogP contribution is 2.38. The van der Waals surface area contributed by atoms with Crippen LogP contribution in [0.5, 0.6) is 0 Å². The van der Waals surface area contributed by atoms with Crippen molar-refractivity contribution in [2.75, 3.05) is 37.8 Å². The number of nitrogens with two attached hydrogens (primary N) is 1. The average Bonchev–Trinajstić information content (AvgIpc) is 2.98. The summed E-state index contributed by atoms with van der Waals surface area (Å²) in [6.45, 7) is 0.151. The molecule has 0 atom stereocenters. The Morgan fingerprint density at radius 1 is 1.20 bits per heavy atom. The summed E-state index contributed by atoms with van der Waals surface area (Å²) in [4.78, 5) is 24.8. The molecule has 0 spiro atoms. The molecule has 0 radical (unpaired) electrons. The number of rotatable bonds is 7. The van der Waals surface area contributed by atoms with Crippen molar-refractivity contribution < 1.29 is 15.0 Å². The van der Waals surface area contributed by atoms with E-state index in [0.717, 1.165) is 23.1 Å². The Hall–Kier alpha value is -1.42. The van der Waals surface area contributed by atoms with E-state index in [4.69, 9.17) is 15.9 Å². The van der Waals surface area contributed by atoms with Gasteiger partial charge in [-0.05, 0) is 31.2 Å². The lowest BCUT2D eigenvalue weighted by Gasteiger charge is -2.20. The standard InChI is InChI=1S/C16H22N4O3S2/c17-14-13-10-3-1-2-4-11(10)25-15(13)19-16(18-14)24-9-12(23)20(5-7-21)6-8-22/h21-22H,1-9H2,(H2,17,18,19). The molecule has 25 heavy (non-hydrogen) atoms. The zero-order chi connectivity index (χ0) is 17.8. The normalized spacial score (nSPS) is 13.8. The largest absolute Gasteiger partial charge is 0.395 e. The second-order valence-electron chi connectivity index (χ2n) is 5.90. The Morgan fingerprint density at radius 2 is 1.92 bits per heavy atom. The monoisotopic (exact) mass is 382 g/mol. The van der Waals surface area contributed by atoms with Gasteiger partial charge < -0.3 is 20.8 Å². The Morgan fingerprint density at radius 3 is 2.64 bits per heavy atom. The molecule has 0 fully saturated rings. The van der Waals surface area contributed by atoms with Gasteiger partial charge in [-0.2, -0.15) is 0 Å². The van der Waals surface area contributed by atoms with E-state index >= 15 is 0 Å². The molecular formula is C16H22N4O3S2. The van der Waals surface area contributed by atoms with Crippen LogP contribution in [0.15, 0.2) is 5.16 Å². The van der Waals surface area contributed by atoms with Crippen molar-refractivity contribution in [3.05, 3.63) is 10.4 Å². The van der Waals surface area contributed by atoms with Crippen LogP contribution in [0.2, 0.25) is 0 Å². The highest BCUT2D eigenvalue weighted by molar-refractivity contribution is 7.99. The number of hydrogen-bond donors (Lipinski definition) is 3. The van der Waals surface area contributed by atoms with Crippen LogP contribution in [0.25, 0.3) is 10.2 Å². The molecule has 2 aromatic heterocycles. The topological polar surface area (TPSA) is 113 Å². The lowest BCUT2D eigenvalue weighted by atomic mass is 9.97. The van der Waals surface area contributed by atoms with Crippen LogP contribution in [-0.2, 0) is 17.6 Å². The van der Waals surface area contributed by atoms with Crippen molar-refractivity contribution in [1.29, 1.82) is 0 Å². The maximum absolute atomic E-state index is 12.2. The summed E-state index contributed by atoms with van der Waals surface area (Å²) in [6.07, 6.45) is 4.49. The fourth-order valence-electron chi connectivity index (χ4n) is 3.05. The number of carbonyl (C=O) groups is 1. The molecule has 2 aromatic rings. The first-order valence-corrected chi connectivity index (χ1v) is 10.1. The quantitative estimate of drug-likeness (QED) is 0.485. The van der Waals surface area contributed by atoms with Crippen LogP contribution >= 0.6 is 23.1 Å². The third-order valence-electron chi connectivity index (χ3n) is 4.24. The number of aryl methyl sites for hydroxylation is 2. The van der Waals surface area contributed by atoms with Gasteiger partial charge in [0.15, 0.2) is 5.16 Å². The van der Waals surface area contributed by atoms with Crippen molar-refractivity contribution in [1.82, 2.24) is 14.9 Å². The van der Waals surface area contributed by atoms with Crippen LogP contribution in [0, 0.1) is 0 Å². The molecule has 0 aromatic carbocycles. The SMILES string of the molecule is Nc1nc(SCC(=O)N(CCO)CCO)nc2sc3c(c12)CCCC3. The van der Waals surface area contributed by atoms with E-state index in [-0.39, 0.29) is 38.0 Å². The molecule has 0 aliphatic heterocycles. The molecule has 2 heterocycles. The molecule has 3 rings (SSSR count). The summed E-state index contributed by atoms with van der Waals surface area (Å²) in [6, 6.07) is 0. The first kappa shape index (κ1) is 18.4. The van der Waals surface area contributed by atoms with Crippen molar-refractivity contribution in [3.8, 4) is 0 Å². The first-order chi connectivity index (χ1) is 12.1. The van der Waals surface area contributed by atoms with Gasteiger partial charge in [0, 0.05) is 18.0 Å². The van der Waals surface area contributed by atoms with E-state index in [1.165, 1.54) is 39.9 Å². The maximum atomic E-state index is 12.2. The number of amides is 1. The first-order valence-electron chi connectivity index (χ1n) is 8.34. The minimum Gasteiger partial charge on any atom is -0.395 e. The number of aliphatic hydroxyl groups excluding tert-OH is 2. The van der Waals surface area contributed by atoms with Gasteiger partial charge in [-0.3, -0.25) is 4.79 Å². The second kappa shape index (κ2) is 8.31. The molecule has 7 nitrogen and oxygen atoms in total. The molecule has 1 amide bonds. The highest BCUT2D eigenvalue weighted by Gasteiger charge is 2.21. The van der Waals surface area contributed by atoms with Crippen molar-refractivity contribution in [3.63, 3.8) is 0 Å². The van der Waals surface area contributed by atoms with Gasteiger partial charge in [-0.1, -0.05) is 11.8 Å². The molecule has 0 bridgehead atoms. The van der Waals surface area contributed by atoms with E-state index in [2.05, 4.69) is 9.97 Å². The minimum absolute atomic E-state index is 0.132. The lowest BCUT2D eigenvalue weighted by Crippen LogP contribution is -2.37. The highest BCUT2D eigenvalue weighted by atomic mass is 32.2. The van der Waals surface area contributed by atoms with Crippen molar-refractivity contribution >= 4 is 45.0 Å². The van der Waals surface area contributed by atoms with E-state index < -0.39 is 0 Å². The number of hydrogen-bond acceptors (Lipinski definition) is 8. The van der Waals surface area contributed by atoms with Crippen LogP contribution in [0.3, 0.4) is 0 Å². The predicted molar refractivity (Wildman–Crippen MR) is 99.9 cm³/mol. The number of thiophene rings is 1. The van der Waals surface area contributed by atoms with Crippen LogP contribution in [-0.4, -0.2) is 63.0 Å². The van der Waals surface area contributed by atoms with Crippen molar-refractivity contribution in [2.45, 2.75) is 30.8 Å². The smallest absolute Gasteiger partial charge is 0.233 e. The zero-order valence-electron chi connectivity index (χ0n) is 13.9. The molecule has 9 heteroatoms. The van der Waals surface area contributed by atoms with E-state index in [0.29, 0.717) is 11.0 Å². The Labute approximate surface area is 154 Å². The third-order valence-corrected chi connectivity index (χ3v) is 6.26. The number of anilines is 1. The third kappa shape index (κ3) is 4.05.